The van der Waals surface area contributed by atoms with Gasteiger partial charge in [0.2, 0.25) is 5.82 Å². The molecular formula is C30H26N6O2S. The van der Waals surface area contributed by atoms with E-state index in [0.717, 1.165) is 28.9 Å². The summed E-state index contributed by atoms with van der Waals surface area (Å²) in [6.07, 6.45) is 3.15. The first-order valence-electron chi connectivity index (χ1n) is 12.8. The van der Waals surface area contributed by atoms with Gasteiger partial charge in [-0.15, -0.1) is 0 Å². The van der Waals surface area contributed by atoms with E-state index in [1.807, 2.05) is 47.4 Å². The summed E-state index contributed by atoms with van der Waals surface area (Å²) < 4.78 is 0. The van der Waals surface area contributed by atoms with E-state index in [4.69, 9.17) is 0 Å². The van der Waals surface area contributed by atoms with Crippen LogP contribution in [0.4, 0.5) is 11.5 Å². The molecule has 1 aliphatic heterocycles. The van der Waals surface area contributed by atoms with Crippen molar-refractivity contribution in [3.63, 3.8) is 0 Å². The van der Waals surface area contributed by atoms with Gasteiger partial charge in [0.05, 0.1) is 16.5 Å². The fraction of sp³-hybridized carbons (Fsp3) is 0.167. The summed E-state index contributed by atoms with van der Waals surface area (Å²) in [5, 5.41) is 13.6. The molecule has 0 N–H and O–H groups in total. The van der Waals surface area contributed by atoms with Crippen LogP contribution in [0, 0.1) is 10.1 Å². The van der Waals surface area contributed by atoms with Gasteiger partial charge < -0.3 is 4.90 Å². The van der Waals surface area contributed by atoms with Crippen LogP contribution in [0.25, 0.3) is 10.9 Å². The van der Waals surface area contributed by atoms with Crippen molar-refractivity contribution in [2.45, 2.75) is 16.0 Å². The predicted octanol–water partition coefficient (Wildman–Crippen LogP) is 6.00. The number of rotatable bonds is 7. The van der Waals surface area contributed by atoms with Gasteiger partial charge in [-0.3, -0.25) is 20.0 Å². The highest BCUT2D eigenvalue weighted by molar-refractivity contribution is 7.99. The van der Waals surface area contributed by atoms with Gasteiger partial charge in [-0.1, -0.05) is 90.6 Å². The van der Waals surface area contributed by atoms with Crippen molar-refractivity contribution in [3.8, 4) is 0 Å². The maximum atomic E-state index is 12.3. The van der Waals surface area contributed by atoms with Crippen molar-refractivity contribution in [3.05, 3.63) is 125 Å². The second-order valence-corrected chi connectivity index (χ2v) is 10.3. The molecule has 0 bridgehead atoms. The average molecular weight is 535 g/mol. The molecule has 6 rings (SSSR count). The maximum absolute atomic E-state index is 12.3. The van der Waals surface area contributed by atoms with Gasteiger partial charge in [-0.25, -0.2) is 9.97 Å². The van der Waals surface area contributed by atoms with Gasteiger partial charge in [0.15, 0.2) is 5.03 Å². The van der Waals surface area contributed by atoms with Gasteiger partial charge in [-0.2, -0.15) is 0 Å². The number of pyridine rings is 1. The van der Waals surface area contributed by atoms with E-state index in [2.05, 4.69) is 68.4 Å². The summed E-state index contributed by atoms with van der Waals surface area (Å²) in [5.41, 5.74) is 3.19. The van der Waals surface area contributed by atoms with Crippen LogP contribution in [0.15, 0.2) is 113 Å². The van der Waals surface area contributed by atoms with Crippen molar-refractivity contribution >= 4 is 34.2 Å². The lowest BCUT2D eigenvalue weighted by atomic mass is 9.96. The van der Waals surface area contributed by atoms with Crippen molar-refractivity contribution in [2.24, 2.45) is 0 Å². The molecule has 0 amide bonds. The van der Waals surface area contributed by atoms with Crippen LogP contribution in [0.5, 0.6) is 0 Å². The highest BCUT2D eigenvalue weighted by Gasteiger charge is 2.32. The third-order valence-electron chi connectivity index (χ3n) is 6.96. The maximum Gasteiger partial charge on any atom is 0.343 e. The number of para-hydroxylation sites is 1. The van der Waals surface area contributed by atoms with E-state index in [1.54, 1.807) is 6.20 Å². The molecule has 3 heterocycles. The third kappa shape index (κ3) is 5.19. The van der Waals surface area contributed by atoms with Crippen LogP contribution in [-0.4, -0.2) is 51.0 Å². The SMILES string of the molecule is O=[N+]([O-])c1c(Sc2cccc3cccnc23)ncnc1N1CCN(C(c2ccccc2)c2ccccc2)CC1. The Kier molecular flexibility index (Phi) is 7.16. The topological polar surface area (TPSA) is 88.3 Å². The summed E-state index contributed by atoms with van der Waals surface area (Å²) in [6, 6.07) is 30.7. The summed E-state index contributed by atoms with van der Waals surface area (Å²) in [7, 11) is 0. The summed E-state index contributed by atoms with van der Waals surface area (Å²) >= 11 is 1.26. The first-order valence-corrected chi connectivity index (χ1v) is 13.6. The molecule has 5 aromatic rings. The highest BCUT2D eigenvalue weighted by Crippen LogP contribution is 2.40. The van der Waals surface area contributed by atoms with E-state index >= 15 is 0 Å². The Balaban J connectivity index is 1.27. The van der Waals surface area contributed by atoms with Crippen molar-refractivity contribution < 1.29 is 4.92 Å². The molecule has 2 aromatic heterocycles. The lowest BCUT2D eigenvalue weighted by Gasteiger charge is -2.40. The molecule has 8 nitrogen and oxygen atoms in total. The molecule has 0 saturated carbocycles. The minimum Gasteiger partial charge on any atom is -0.348 e. The smallest absolute Gasteiger partial charge is 0.343 e. The van der Waals surface area contributed by atoms with Gasteiger partial charge in [0.1, 0.15) is 6.33 Å². The fourth-order valence-corrected chi connectivity index (χ4v) is 6.14. The van der Waals surface area contributed by atoms with Gasteiger partial charge in [0.25, 0.3) is 0 Å². The minimum atomic E-state index is -0.362. The van der Waals surface area contributed by atoms with E-state index in [0.29, 0.717) is 23.9 Å². The van der Waals surface area contributed by atoms with Crippen molar-refractivity contribution in [1.82, 2.24) is 19.9 Å². The molecule has 1 aliphatic rings. The molecule has 9 heteroatoms. The Morgan fingerprint density at radius 1 is 0.769 bits per heavy atom. The van der Waals surface area contributed by atoms with Crippen molar-refractivity contribution in [2.75, 3.05) is 31.1 Å². The Labute approximate surface area is 230 Å². The first kappa shape index (κ1) is 25.0. The average Bonchev–Trinajstić information content (AvgIpc) is 2.99. The van der Waals surface area contributed by atoms with E-state index < -0.39 is 0 Å². The zero-order valence-electron chi connectivity index (χ0n) is 21.1. The van der Waals surface area contributed by atoms with Crippen LogP contribution >= 0.6 is 11.8 Å². The second kappa shape index (κ2) is 11.2. The molecule has 0 radical (unpaired) electrons. The standard InChI is InChI=1S/C30H26N6O2S/c37-36(38)28-29(32-21-33-30(28)39-25-15-7-13-22-14-8-16-31-26(22)25)35-19-17-34(18-20-35)27(23-9-3-1-4-10-23)24-11-5-2-6-12-24/h1-16,21,27H,17-20H2. The van der Waals surface area contributed by atoms with E-state index in [-0.39, 0.29) is 16.7 Å². The Hall–Kier alpha value is -4.34. The zero-order valence-corrected chi connectivity index (χ0v) is 21.9. The second-order valence-electron chi connectivity index (χ2n) is 9.29. The van der Waals surface area contributed by atoms with Gasteiger partial charge in [-0.05, 0) is 23.3 Å². The molecule has 39 heavy (non-hydrogen) atoms. The number of nitrogens with zero attached hydrogens (tertiary/aromatic N) is 6. The molecule has 0 atom stereocenters. The number of aromatic nitrogens is 3. The van der Waals surface area contributed by atoms with E-state index in [9.17, 15) is 10.1 Å². The van der Waals surface area contributed by atoms with Crippen molar-refractivity contribution in [1.29, 1.82) is 0 Å². The molecule has 0 unspecified atom stereocenters. The largest absolute Gasteiger partial charge is 0.348 e. The summed E-state index contributed by atoms with van der Waals surface area (Å²) in [6.45, 7) is 2.72. The lowest BCUT2D eigenvalue weighted by molar-refractivity contribution is -0.387. The molecule has 3 aromatic carbocycles. The number of benzene rings is 3. The predicted molar refractivity (Wildman–Crippen MR) is 153 cm³/mol. The number of hydrogen-bond acceptors (Lipinski definition) is 8. The molecule has 0 spiro atoms. The number of fused-ring (bicyclic) bond motifs is 1. The monoisotopic (exact) mass is 534 g/mol. The Morgan fingerprint density at radius 2 is 1.44 bits per heavy atom. The minimum absolute atomic E-state index is 0.0634. The number of hydrogen-bond donors (Lipinski definition) is 0. The third-order valence-corrected chi connectivity index (χ3v) is 8.01. The molecule has 194 valence electrons. The molecular weight excluding hydrogens is 508 g/mol. The van der Waals surface area contributed by atoms with Crippen LogP contribution in [0.3, 0.4) is 0 Å². The molecule has 0 aliphatic carbocycles. The Morgan fingerprint density at radius 3 is 2.10 bits per heavy atom. The summed E-state index contributed by atoms with van der Waals surface area (Å²) in [4.78, 5) is 30.5. The zero-order chi connectivity index (χ0) is 26.6. The van der Waals surface area contributed by atoms with Crippen LogP contribution in [0.2, 0.25) is 0 Å². The van der Waals surface area contributed by atoms with Gasteiger partial charge >= 0.3 is 5.69 Å². The van der Waals surface area contributed by atoms with Crippen LogP contribution in [0.1, 0.15) is 17.2 Å². The number of piperazine rings is 1. The Bertz CT molecular complexity index is 1550. The van der Waals surface area contributed by atoms with Gasteiger partial charge in [0, 0.05) is 42.7 Å². The normalized spacial score (nSPS) is 14.1. The van der Waals surface area contributed by atoms with Crippen LogP contribution in [-0.2, 0) is 0 Å². The highest BCUT2D eigenvalue weighted by atomic mass is 32.2. The van der Waals surface area contributed by atoms with E-state index in [1.165, 1.54) is 29.2 Å². The quantitative estimate of drug-likeness (QED) is 0.143. The molecule has 1 fully saturated rings. The lowest BCUT2D eigenvalue weighted by Crippen LogP contribution is -2.48. The first-order chi connectivity index (χ1) is 19.2. The molecule has 1 saturated heterocycles. The number of nitro groups is 1. The number of anilines is 1. The fourth-order valence-electron chi connectivity index (χ4n) is 5.16. The summed E-state index contributed by atoms with van der Waals surface area (Å²) in [5.74, 6) is 0.362. The van der Waals surface area contributed by atoms with Crippen LogP contribution < -0.4 is 4.90 Å².